The molecule has 0 radical (unpaired) electrons. The van der Waals surface area contributed by atoms with Crippen molar-refractivity contribution < 1.29 is 32.3 Å². The summed E-state index contributed by atoms with van der Waals surface area (Å²) < 4.78 is 51.2. The van der Waals surface area contributed by atoms with Gasteiger partial charge in [-0.2, -0.15) is 20.4 Å². The van der Waals surface area contributed by atoms with E-state index in [0.717, 1.165) is 133 Å². The van der Waals surface area contributed by atoms with Gasteiger partial charge in [-0.25, -0.2) is 31.9 Å². The van der Waals surface area contributed by atoms with Crippen molar-refractivity contribution in [1.82, 2.24) is 60.4 Å². The lowest BCUT2D eigenvalue weighted by molar-refractivity contribution is 0.101. The number of carbonyl (C=O) groups excluding carboxylic acids is 4. The van der Waals surface area contributed by atoms with Gasteiger partial charge in [0.15, 0.2) is 0 Å². The SMILES string of the molecule is Cc1cc(C(=O)Nc2cc(C(NCC3CC3)c3ccccc3)ccc2F)n(-c2cccc(CN)c2)n1.Cc1cc(C(=O)Nc2cccc(C(NCC3CC3)c3cccc4ccccc34)c2)n(-c2cccc(CN)c2)n1.Cc1ccc(C(NCC2CC2)c2ccc(F)c(NC(=O)c3cc(C)nn3-c3cccc(CN)c3)c2)cc1.Cc1cccc(C(NCC2CC2)c2ccc(F)c(NC(=O)c3cc(C)nn3-c3cccc(CN)c3)c2)c1. The lowest BCUT2D eigenvalue weighted by Gasteiger charge is -2.22. The van der Waals surface area contributed by atoms with Gasteiger partial charge in [-0.15, -0.1) is 0 Å². The molecular formula is C122H127F3N20O4. The Bertz CT molecular complexity index is 7600. The highest BCUT2D eigenvalue weighted by atomic mass is 19.1. The summed E-state index contributed by atoms with van der Waals surface area (Å²) in [4.78, 5) is 53.6. The molecular weight excluding hydrogens is 1870 g/mol. The van der Waals surface area contributed by atoms with Gasteiger partial charge in [0, 0.05) is 31.9 Å². The lowest BCUT2D eigenvalue weighted by atomic mass is 9.93. The first kappa shape index (κ1) is 103. The molecule has 4 aromatic heterocycles. The molecule has 4 saturated carbocycles. The van der Waals surface area contributed by atoms with Crippen LogP contribution in [-0.2, 0) is 26.2 Å². The molecule has 21 rings (SSSR count). The van der Waals surface area contributed by atoms with E-state index < -0.39 is 35.2 Å². The Labute approximate surface area is 867 Å². The van der Waals surface area contributed by atoms with Gasteiger partial charge in [-0.3, -0.25) is 19.2 Å². The molecule has 27 heteroatoms. The average Bonchev–Trinajstić information content (AvgIpc) is 1.76. The van der Waals surface area contributed by atoms with Gasteiger partial charge in [0.05, 0.1) is 86.8 Å². The number of fused-ring (bicyclic) bond motifs is 1. The quantitative estimate of drug-likeness (QED) is 0.0174. The fourth-order valence-electron chi connectivity index (χ4n) is 18.6. The molecule has 4 atom stereocenters. The third kappa shape index (κ3) is 26.7. The standard InChI is InChI=1S/C33H33N5O.2C30H32FN5O.C29H30FN5O/c1-22-17-31(38(37-22)28-12-4-7-24(18-28)20-34)33(39)36-27-11-5-10-26(19-27)32(35-21-23-15-16-23)30-14-6-9-25-8-2-3-13-29(25)30;1-19-5-3-7-23(13-19)29(33-18-21-9-10-21)24-11-12-26(31)27(16-24)34-30(37)28-14-20(2)35-36(28)25-8-4-6-22(15-25)17-32;1-19-6-10-23(11-7-19)29(33-18-21-8-9-21)24-12-13-26(31)27(16-24)34-30(37)28-14-20(2)35-36(28)25-5-3-4-22(15-25)17-32;1-19-14-27(35(34-19)24-9-5-6-21(15-24)17-31)29(36)33-26-16-23(12-13-25(26)30)28(32-18-20-10-11-20)22-7-3-2-4-8-22/h2-14,17-19,23,32,35H,15-16,20-21,34H2,1H3,(H,36,39);3-8,11-16,21,29,33H,9-10,17-18,32H2,1-2H3,(H,34,37);3-7,10-16,21,29,33H,8-9,17-18,32H2,1-2H3,(H,34,37);2-9,12-16,20,28,32H,10-11,17-18,31H2,1H3,(H,33,36). The van der Waals surface area contributed by atoms with Crippen molar-refractivity contribution in [2.24, 2.45) is 46.6 Å². The summed E-state index contributed by atoms with van der Waals surface area (Å²) in [5.74, 6) is -0.184. The molecule has 13 aromatic carbocycles. The summed E-state index contributed by atoms with van der Waals surface area (Å²) in [6.45, 7) is 16.7. The van der Waals surface area contributed by atoms with Crippen molar-refractivity contribution in [3.05, 3.63) is 462 Å². The van der Waals surface area contributed by atoms with E-state index in [-0.39, 0.29) is 47.1 Å². The molecule has 0 spiro atoms. The molecule has 149 heavy (non-hydrogen) atoms. The van der Waals surface area contributed by atoms with Gasteiger partial charge in [0.1, 0.15) is 40.2 Å². The second-order valence-corrected chi connectivity index (χ2v) is 39.4. The van der Waals surface area contributed by atoms with Crippen LogP contribution in [0, 0.1) is 82.7 Å². The number of anilines is 4. The van der Waals surface area contributed by atoms with Crippen LogP contribution < -0.4 is 65.5 Å². The molecule has 0 aliphatic heterocycles. The number of aromatic nitrogens is 8. The van der Waals surface area contributed by atoms with Crippen LogP contribution in [0.3, 0.4) is 0 Å². The molecule has 24 nitrogen and oxygen atoms in total. The molecule has 760 valence electrons. The zero-order chi connectivity index (χ0) is 104. The van der Waals surface area contributed by atoms with Crippen LogP contribution in [0.15, 0.2) is 322 Å². The van der Waals surface area contributed by atoms with Crippen molar-refractivity contribution in [3.63, 3.8) is 0 Å². The van der Waals surface area contributed by atoms with Crippen LogP contribution in [0.2, 0.25) is 0 Å². The normalized spacial score (nSPS) is 13.9. The first-order valence-corrected chi connectivity index (χ1v) is 51.2. The van der Waals surface area contributed by atoms with Gasteiger partial charge in [-0.05, 0) is 342 Å². The highest BCUT2D eigenvalue weighted by Crippen LogP contribution is 2.39. The maximum absolute atomic E-state index is 15.0. The largest absolute Gasteiger partial charge is 0.326 e. The number of carbonyl (C=O) groups is 4. The van der Waals surface area contributed by atoms with Crippen molar-refractivity contribution in [1.29, 1.82) is 0 Å². The summed E-state index contributed by atoms with van der Waals surface area (Å²) >= 11 is 0. The molecule has 4 aliphatic rings. The number of nitrogens with zero attached hydrogens (tertiary/aromatic N) is 8. The summed E-state index contributed by atoms with van der Waals surface area (Å²) in [5, 5.41) is 46.7. The van der Waals surface area contributed by atoms with Crippen molar-refractivity contribution in [3.8, 4) is 22.7 Å². The Hall–Kier alpha value is -15.7. The summed E-state index contributed by atoms with van der Waals surface area (Å²) in [6.07, 6.45) is 9.98. The highest BCUT2D eigenvalue weighted by Gasteiger charge is 2.32. The number of hydrogen-bond donors (Lipinski definition) is 12. The van der Waals surface area contributed by atoms with Crippen LogP contribution >= 0.6 is 0 Å². The summed E-state index contributed by atoms with van der Waals surface area (Å²) in [5.41, 5.74) is 46.0. The van der Waals surface area contributed by atoms with Crippen LogP contribution in [0.4, 0.5) is 35.9 Å². The fraction of sp³-hybridized carbons (Fsp3) is 0.246. The van der Waals surface area contributed by atoms with Gasteiger partial charge >= 0.3 is 0 Å². The van der Waals surface area contributed by atoms with Crippen LogP contribution in [-0.4, -0.2) is 88.9 Å². The first-order chi connectivity index (χ1) is 72.4. The molecule has 4 unspecified atom stereocenters. The third-order valence-corrected chi connectivity index (χ3v) is 27.3. The van der Waals surface area contributed by atoms with E-state index in [4.69, 9.17) is 22.9 Å². The molecule has 4 heterocycles. The van der Waals surface area contributed by atoms with E-state index in [9.17, 15) is 32.3 Å². The van der Waals surface area contributed by atoms with E-state index in [1.54, 1.807) is 73.3 Å². The fourth-order valence-corrected chi connectivity index (χ4v) is 18.6. The molecule has 0 saturated heterocycles. The van der Waals surface area contributed by atoms with Gasteiger partial charge in [-0.1, -0.05) is 211 Å². The average molecular weight is 1990 g/mol. The number of benzene rings is 13. The Morgan fingerprint density at radius 2 is 0.591 bits per heavy atom. The molecule has 4 fully saturated rings. The minimum Gasteiger partial charge on any atom is -0.326 e. The number of nitrogens with two attached hydrogens (primary N) is 4. The number of halogens is 3. The monoisotopic (exact) mass is 1990 g/mol. The van der Waals surface area contributed by atoms with Crippen LogP contribution in [0.5, 0.6) is 0 Å². The lowest BCUT2D eigenvalue weighted by Crippen LogP contribution is -2.25. The minimum absolute atomic E-state index is 0.0142. The Balaban J connectivity index is 0.000000130. The smallest absolute Gasteiger partial charge is 0.274 e. The first-order valence-electron chi connectivity index (χ1n) is 51.2. The number of hydrogen-bond acceptors (Lipinski definition) is 16. The number of nitrogens with one attached hydrogen (secondary N) is 8. The van der Waals surface area contributed by atoms with Crippen molar-refractivity contribution in [2.75, 3.05) is 47.4 Å². The van der Waals surface area contributed by atoms with E-state index in [1.807, 2.05) is 167 Å². The zero-order valence-corrected chi connectivity index (χ0v) is 84.7. The second-order valence-electron chi connectivity index (χ2n) is 39.4. The molecule has 0 bridgehead atoms. The topological polar surface area (TPSA) is 340 Å². The van der Waals surface area contributed by atoms with Crippen molar-refractivity contribution in [2.45, 2.75) is 143 Å². The minimum atomic E-state index is -0.492. The molecule has 16 N–H and O–H groups in total. The summed E-state index contributed by atoms with van der Waals surface area (Å²) in [7, 11) is 0. The number of amides is 4. The Morgan fingerprint density at radius 3 is 0.966 bits per heavy atom. The Morgan fingerprint density at radius 1 is 0.289 bits per heavy atom. The number of aryl methyl sites for hydroxylation is 6. The van der Waals surface area contributed by atoms with Crippen molar-refractivity contribution >= 4 is 57.2 Å². The second kappa shape index (κ2) is 47.9. The molecule has 4 aliphatic carbocycles. The van der Waals surface area contributed by atoms with E-state index in [0.29, 0.717) is 83.8 Å². The van der Waals surface area contributed by atoms with E-state index in [1.165, 1.54) is 91.5 Å². The highest BCUT2D eigenvalue weighted by molar-refractivity contribution is 6.06. The van der Waals surface area contributed by atoms with Gasteiger partial charge in [0.2, 0.25) is 0 Å². The van der Waals surface area contributed by atoms with Gasteiger partial charge < -0.3 is 65.5 Å². The molecule has 17 aromatic rings. The third-order valence-electron chi connectivity index (χ3n) is 27.3. The van der Waals surface area contributed by atoms with Crippen LogP contribution in [0.25, 0.3) is 33.5 Å². The maximum atomic E-state index is 15.0. The Kier molecular flexibility index (Phi) is 33.2. The van der Waals surface area contributed by atoms with Gasteiger partial charge in [0.25, 0.3) is 23.6 Å². The van der Waals surface area contributed by atoms with Crippen LogP contribution in [0.1, 0.15) is 218 Å². The zero-order valence-electron chi connectivity index (χ0n) is 84.7. The van der Waals surface area contributed by atoms with E-state index in [2.05, 4.69) is 186 Å². The summed E-state index contributed by atoms with van der Waals surface area (Å²) in [6, 6.07) is 102. The molecule has 4 amide bonds. The number of rotatable bonds is 36. The predicted octanol–water partition coefficient (Wildman–Crippen LogP) is 22.1. The van der Waals surface area contributed by atoms with E-state index >= 15 is 0 Å². The maximum Gasteiger partial charge on any atom is 0.274 e. The predicted molar refractivity (Wildman–Crippen MR) is 585 cm³/mol.